The number of rotatable bonds is 7. The molecular formula is C21H22N2O6. The van der Waals surface area contributed by atoms with E-state index < -0.39 is 5.91 Å². The van der Waals surface area contributed by atoms with Crippen molar-refractivity contribution in [3.63, 3.8) is 0 Å². The molecule has 0 radical (unpaired) electrons. The Morgan fingerprint density at radius 1 is 1.14 bits per heavy atom. The minimum absolute atomic E-state index is 0.0102. The molecule has 29 heavy (non-hydrogen) atoms. The molecule has 0 bridgehead atoms. The van der Waals surface area contributed by atoms with Gasteiger partial charge in [-0.05, 0) is 42.3 Å². The number of methoxy groups -OCH3 is 1. The van der Waals surface area contributed by atoms with Crippen molar-refractivity contribution in [3.05, 3.63) is 65.4 Å². The Labute approximate surface area is 167 Å². The topological polar surface area (TPSA) is 108 Å². The quantitative estimate of drug-likeness (QED) is 0.486. The lowest BCUT2D eigenvalue weighted by molar-refractivity contribution is -0.141. The van der Waals surface area contributed by atoms with Gasteiger partial charge in [-0.3, -0.25) is 14.8 Å². The van der Waals surface area contributed by atoms with Gasteiger partial charge >= 0.3 is 5.97 Å². The molecular weight excluding hydrogens is 376 g/mol. The Bertz CT molecular complexity index is 926. The zero-order chi connectivity index (χ0) is 20.8. The summed E-state index contributed by atoms with van der Waals surface area (Å²) in [5.74, 6) is -0.122. The van der Waals surface area contributed by atoms with E-state index in [0.29, 0.717) is 34.1 Å². The number of benzene rings is 2. The predicted octanol–water partition coefficient (Wildman–Crippen LogP) is 2.98. The molecule has 0 spiro atoms. The maximum Gasteiger partial charge on any atom is 0.305 e. The average Bonchev–Trinajstić information content (AvgIpc) is 2.71. The zero-order valence-electron chi connectivity index (χ0n) is 15.9. The number of hydroxylamine groups is 2. The van der Waals surface area contributed by atoms with E-state index in [9.17, 15) is 19.9 Å². The fourth-order valence-electron chi connectivity index (χ4n) is 2.96. The maximum atomic E-state index is 12.4. The second kappa shape index (κ2) is 9.11. The summed E-state index contributed by atoms with van der Waals surface area (Å²) >= 11 is 0. The third-order valence-corrected chi connectivity index (χ3v) is 4.40. The number of amides is 1. The lowest BCUT2D eigenvalue weighted by Gasteiger charge is -2.27. The number of esters is 1. The number of carbonyl (C=O) groups excluding carboxylic acids is 2. The van der Waals surface area contributed by atoms with Crippen molar-refractivity contribution in [3.8, 4) is 11.5 Å². The molecule has 0 saturated carbocycles. The molecule has 0 aromatic heterocycles. The van der Waals surface area contributed by atoms with E-state index in [4.69, 9.17) is 4.74 Å². The summed E-state index contributed by atoms with van der Waals surface area (Å²) in [5.41, 5.74) is 0.809. The number of aliphatic hydroxyl groups is 1. The fraction of sp³-hybridized carbons (Fsp3) is 0.238. The van der Waals surface area contributed by atoms with Crippen LogP contribution in [0.4, 0.5) is 0 Å². The van der Waals surface area contributed by atoms with Crippen molar-refractivity contribution in [2.75, 3.05) is 13.7 Å². The van der Waals surface area contributed by atoms with Crippen LogP contribution in [0, 0.1) is 0 Å². The van der Waals surface area contributed by atoms with Crippen LogP contribution in [0.1, 0.15) is 24.0 Å². The van der Waals surface area contributed by atoms with Crippen LogP contribution in [0.15, 0.2) is 54.2 Å². The van der Waals surface area contributed by atoms with Gasteiger partial charge in [0.1, 0.15) is 11.5 Å². The van der Waals surface area contributed by atoms with Crippen molar-refractivity contribution < 1.29 is 29.4 Å². The van der Waals surface area contributed by atoms with Crippen LogP contribution in [-0.4, -0.2) is 40.9 Å². The van der Waals surface area contributed by atoms with Crippen LogP contribution >= 0.6 is 0 Å². The van der Waals surface area contributed by atoms with E-state index in [2.05, 4.69) is 10.1 Å². The van der Waals surface area contributed by atoms with E-state index >= 15 is 0 Å². The third-order valence-electron chi connectivity index (χ3n) is 4.40. The molecule has 3 rings (SSSR count). The van der Waals surface area contributed by atoms with E-state index in [1.165, 1.54) is 7.11 Å². The minimum atomic E-state index is -0.634. The van der Waals surface area contributed by atoms with Crippen LogP contribution < -0.4 is 10.1 Å². The third kappa shape index (κ3) is 4.85. The molecule has 2 aromatic rings. The number of nitrogens with zero attached hydrogens (tertiary/aromatic N) is 1. The van der Waals surface area contributed by atoms with Crippen LogP contribution in [-0.2, 0) is 20.9 Å². The van der Waals surface area contributed by atoms with Crippen molar-refractivity contribution in [2.45, 2.75) is 19.4 Å². The Morgan fingerprint density at radius 3 is 2.62 bits per heavy atom. The number of hydrogen-bond donors (Lipinski definition) is 3. The van der Waals surface area contributed by atoms with Gasteiger partial charge in [-0.15, -0.1) is 0 Å². The molecule has 8 heteroatoms. The molecule has 2 aromatic carbocycles. The summed E-state index contributed by atoms with van der Waals surface area (Å²) in [6, 6.07) is 14.2. The van der Waals surface area contributed by atoms with Gasteiger partial charge in [-0.1, -0.05) is 18.2 Å². The Hall–Kier alpha value is -3.52. The van der Waals surface area contributed by atoms with Gasteiger partial charge in [0.2, 0.25) is 0 Å². The van der Waals surface area contributed by atoms with Gasteiger partial charge < -0.3 is 19.9 Å². The summed E-state index contributed by atoms with van der Waals surface area (Å²) in [6.45, 7) is 0.214. The molecule has 0 fully saturated rings. The normalized spacial score (nSPS) is 13.0. The smallest absolute Gasteiger partial charge is 0.305 e. The number of hydrogen-bond acceptors (Lipinski definition) is 7. The van der Waals surface area contributed by atoms with Gasteiger partial charge in [0.05, 0.1) is 13.7 Å². The molecule has 0 atom stereocenters. The van der Waals surface area contributed by atoms with E-state index in [1.54, 1.807) is 18.2 Å². The number of para-hydroxylation sites is 1. The van der Waals surface area contributed by atoms with Crippen molar-refractivity contribution in [1.82, 2.24) is 10.4 Å². The largest absolute Gasteiger partial charge is 0.505 e. The highest BCUT2D eigenvalue weighted by molar-refractivity contribution is 5.99. The number of carbonyl (C=O) groups is 2. The number of ether oxygens (including phenoxy) is 2. The van der Waals surface area contributed by atoms with E-state index in [0.717, 1.165) is 0 Å². The second-order valence-electron chi connectivity index (χ2n) is 6.42. The molecule has 1 aliphatic rings. The van der Waals surface area contributed by atoms with Gasteiger partial charge in [0.25, 0.3) is 5.91 Å². The maximum absolute atomic E-state index is 12.4. The van der Waals surface area contributed by atoms with Crippen LogP contribution in [0.5, 0.6) is 11.5 Å². The first-order chi connectivity index (χ1) is 14.0. The number of nitrogens with one attached hydrogen (secondary N) is 1. The SMILES string of the molecule is COC(=O)CCCNC(=O)C1=C(O)c2ccc(Oc3ccccc3)cc2CN1O. The van der Waals surface area contributed by atoms with Crippen LogP contribution in [0.25, 0.3) is 5.76 Å². The van der Waals surface area contributed by atoms with Crippen molar-refractivity contribution in [1.29, 1.82) is 0 Å². The highest BCUT2D eigenvalue weighted by Crippen LogP contribution is 2.33. The highest BCUT2D eigenvalue weighted by atomic mass is 16.5. The standard InChI is InChI=1S/C21H22N2O6/c1-28-18(24)8-5-11-22-21(26)19-20(25)17-10-9-16(12-14(17)13-23(19)27)29-15-6-3-2-4-7-15/h2-4,6-7,9-10,12,25,27H,5,8,11,13H2,1H3,(H,22,26). The second-order valence-corrected chi connectivity index (χ2v) is 6.42. The Kier molecular flexibility index (Phi) is 6.36. The lowest BCUT2D eigenvalue weighted by Crippen LogP contribution is -2.36. The molecule has 152 valence electrons. The molecule has 0 aliphatic carbocycles. The summed E-state index contributed by atoms with van der Waals surface area (Å²) in [7, 11) is 1.29. The van der Waals surface area contributed by atoms with Crippen molar-refractivity contribution >= 4 is 17.6 Å². The van der Waals surface area contributed by atoms with Crippen LogP contribution in [0.2, 0.25) is 0 Å². The first-order valence-electron chi connectivity index (χ1n) is 9.10. The molecule has 8 nitrogen and oxygen atoms in total. The summed E-state index contributed by atoms with van der Waals surface area (Å²) < 4.78 is 10.3. The molecule has 0 unspecified atom stereocenters. The predicted molar refractivity (Wildman–Crippen MR) is 104 cm³/mol. The average molecular weight is 398 g/mol. The molecule has 1 heterocycles. The Morgan fingerprint density at radius 2 is 1.90 bits per heavy atom. The van der Waals surface area contributed by atoms with Gasteiger partial charge in [-0.2, -0.15) is 0 Å². The minimum Gasteiger partial charge on any atom is -0.505 e. The summed E-state index contributed by atoms with van der Waals surface area (Å²) in [5, 5.41) is 24.1. The fourth-order valence-corrected chi connectivity index (χ4v) is 2.96. The molecule has 0 saturated heterocycles. The van der Waals surface area contributed by atoms with Gasteiger partial charge in [-0.25, -0.2) is 5.06 Å². The lowest BCUT2D eigenvalue weighted by atomic mass is 10.00. The zero-order valence-corrected chi connectivity index (χ0v) is 15.9. The first kappa shape index (κ1) is 20.2. The molecule has 1 amide bonds. The van der Waals surface area contributed by atoms with E-state index in [1.807, 2.05) is 30.3 Å². The molecule has 3 N–H and O–H groups in total. The van der Waals surface area contributed by atoms with E-state index in [-0.39, 0.29) is 36.9 Å². The van der Waals surface area contributed by atoms with Crippen molar-refractivity contribution in [2.24, 2.45) is 0 Å². The molecule has 1 aliphatic heterocycles. The first-order valence-corrected chi connectivity index (χ1v) is 9.10. The van der Waals surface area contributed by atoms with Crippen LogP contribution in [0.3, 0.4) is 0 Å². The summed E-state index contributed by atoms with van der Waals surface area (Å²) in [6.07, 6.45) is 0.548. The summed E-state index contributed by atoms with van der Waals surface area (Å²) in [4.78, 5) is 23.5. The van der Waals surface area contributed by atoms with Gasteiger partial charge in [0.15, 0.2) is 11.5 Å². The highest BCUT2D eigenvalue weighted by Gasteiger charge is 2.29. The number of fused-ring (bicyclic) bond motifs is 1. The van der Waals surface area contributed by atoms with Gasteiger partial charge in [0, 0.05) is 18.5 Å². The Balaban J connectivity index is 1.72. The monoisotopic (exact) mass is 398 g/mol. The number of aliphatic hydroxyl groups excluding tert-OH is 1.